The van der Waals surface area contributed by atoms with E-state index in [2.05, 4.69) is 4.98 Å². The van der Waals surface area contributed by atoms with Crippen LogP contribution in [0.3, 0.4) is 0 Å². The summed E-state index contributed by atoms with van der Waals surface area (Å²) in [5.41, 5.74) is 0.682. The molecule has 5 nitrogen and oxygen atoms in total. The van der Waals surface area contributed by atoms with Crippen LogP contribution < -0.4 is 34.3 Å². The Morgan fingerprint density at radius 1 is 1.67 bits per heavy atom. The summed E-state index contributed by atoms with van der Waals surface area (Å²) in [6.45, 7) is 1.71. The minimum absolute atomic E-state index is 0. The Morgan fingerprint density at radius 2 is 2.25 bits per heavy atom. The molecule has 1 aromatic heterocycles. The van der Waals surface area contributed by atoms with Crippen LogP contribution in [0.25, 0.3) is 0 Å². The van der Waals surface area contributed by atoms with Crippen molar-refractivity contribution in [1.29, 1.82) is 0 Å². The fourth-order valence-electron chi connectivity index (χ4n) is 0.508. The molecule has 1 N–H and O–H groups in total. The predicted octanol–water partition coefficient (Wildman–Crippen LogP) is -2.67. The van der Waals surface area contributed by atoms with Crippen LogP contribution in [0.2, 0.25) is 0 Å². The van der Waals surface area contributed by atoms with Gasteiger partial charge in [0.2, 0.25) is 0 Å². The van der Waals surface area contributed by atoms with Crippen LogP contribution in [-0.4, -0.2) is 18.0 Å². The molecule has 0 aliphatic heterocycles. The number of aryl methyl sites for hydroxylation is 1. The standard InChI is InChI=1S/C4H6N2O3S2.Na/c1-3-2-10-4(5-3)6-11(7,8)9;/h2H,1H3,(H,5,6)(H,7,8,9);/q;+1/p-1. The molecule has 1 aromatic rings. The average molecular weight is 216 g/mol. The second kappa shape index (κ2) is 4.54. The second-order valence-corrected chi connectivity index (χ2v) is 3.82. The molecule has 0 saturated heterocycles. The van der Waals surface area contributed by atoms with Gasteiger partial charge in [-0.1, -0.05) is 0 Å². The molecular formula is C4H5N2NaO3S2. The van der Waals surface area contributed by atoms with E-state index in [4.69, 9.17) is 0 Å². The first kappa shape index (κ1) is 12.3. The Hall–Kier alpha value is 0.340. The van der Waals surface area contributed by atoms with Crippen LogP contribution in [0, 0.1) is 6.92 Å². The summed E-state index contributed by atoms with van der Waals surface area (Å²) in [6, 6.07) is 0. The maximum absolute atomic E-state index is 10.1. The summed E-state index contributed by atoms with van der Waals surface area (Å²) >= 11 is 1.08. The zero-order valence-corrected chi connectivity index (χ0v) is 10.2. The molecule has 0 spiro atoms. The van der Waals surface area contributed by atoms with Crippen molar-refractivity contribution in [2.75, 3.05) is 4.72 Å². The Kier molecular flexibility index (Phi) is 4.67. The quantitative estimate of drug-likeness (QED) is 0.431. The Morgan fingerprint density at radius 3 is 2.58 bits per heavy atom. The molecule has 1 rings (SSSR count). The molecule has 1 heterocycles. The number of thiazole rings is 1. The minimum Gasteiger partial charge on any atom is -0.731 e. The zero-order chi connectivity index (χ0) is 8.48. The third kappa shape index (κ3) is 4.39. The molecule has 0 aromatic carbocycles. The summed E-state index contributed by atoms with van der Waals surface area (Å²) in [7, 11) is -4.42. The number of nitrogens with zero attached hydrogens (tertiary/aromatic N) is 1. The average Bonchev–Trinajstić information content (AvgIpc) is 2.10. The number of hydrogen-bond donors (Lipinski definition) is 1. The van der Waals surface area contributed by atoms with Gasteiger partial charge in [-0.25, -0.2) is 13.4 Å². The normalized spacial score (nSPS) is 10.5. The van der Waals surface area contributed by atoms with E-state index in [0.717, 1.165) is 11.3 Å². The van der Waals surface area contributed by atoms with Gasteiger partial charge in [-0.2, -0.15) is 0 Å². The van der Waals surface area contributed by atoms with E-state index < -0.39 is 10.3 Å². The van der Waals surface area contributed by atoms with Gasteiger partial charge in [0, 0.05) is 5.38 Å². The molecule has 0 bridgehead atoms. The van der Waals surface area contributed by atoms with Crippen molar-refractivity contribution < 1.29 is 42.5 Å². The van der Waals surface area contributed by atoms with Crippen molar-refractivity contribution >= 4 is 26.8 Å². The first-order valence-electron chi connectivity index (χ1n) is 2.63. The molecule has 0 fully saturated rings. The number of rotatable bonds is 2. The maximum Gasteiger partial charge on any atom is 1.00 e. The fraction of sp³-hybridized carbons (Fsp3) is 0.250. The molecule has 0 saturated carbocycles. The van der Waals surface area contributed by atoms with Gasteiger partial charge in [0.05, 0.1) is 5.69 Å². The minimum atomic E-state index is -4.42. The van der Waals surface area contributed by atoms with Gasteiger partial charge in [0.1, 0.15) is 0 Å². The van der Waals surface area contributed by atoms with Crippen LogP contribution in [0.1, 0.15) is 5.69 Å². The first-order chi connectivity index (χ1) is 4.97. The Bertz CT molecular complexity index is 347. The summed E-state index contributed by atoms with van der Waals surface area (Å²) in [6.07, 6.45) is 0. The molecule has 0 aliphatic rings. The molecule has 0 unspecified atom stereocenters. The van der Waals surface area contributed by atoms with E-state index in [1.807, 2.05) is 0 Å². The van der Waals surface area contributed by atoms with Crippen molar-refractivity contribution in [2.45, 2.75) is 6.92 Å². The SMILES string of the molecule is Cc1csc(NS(=O)(=O)[O-])n1.[Na+]. The van der Waals surface area contributed by atoms with Crippen molar-refractivity contribution in [2.24, 2.45) is 0 Å². The Labute approximate surface area is 96.4 Å². The third-order valence-electron chi connectivity index (χ3n) is 0.831. The number of nitrogens with one attached hydrogen (secondary N) is 1. The van der Waals surface area contributed by atoms with Crippen LogP contribution in [0.4, 0.5) is 5.13 Å². The maximum atomic E-state index is 10.1. The second-order valence-electron chi connectivity index (χ2n) is 1.85. The number of anilines is 1. The topological polar surface area (TPSA) is 82.1 Å². The Balaban J connectivity index is 0.00000121. The number of hydrogen-bond acceptors (Lipinski definition) is 5. The van der Waals surface area contributed by atoms with Gasteiger partial charge in [-0.05, 0) is 6.92 Å². The third-order valence-corrected chi connectivity index (χ3v) is 2.28. The van der Waals surface area contributed by atoms with E-state index in [0.29, 0.717) is 5.69 Å². The predicted molar refractivity (Wildman–Crippen MR) is 40.2 cm³/mol. The molecule has 0 aliphatic carbocycles. The van der Waals surface area contributed by atoms with E-state index in [-0.39, 0.29) is 34.7 Å². The van der Waals surface area contributed by atoms with Crippen LogP contribution in [0.15, 0.2) is 5.38 Å². The van der Waals surface area contributed by atoms with E-state index >= 15 is 0 Å². The van der Waals surface area contributed by atoms with E-state index in [1.165, 1.54) is 0 Å². The molecule has 12 heavy (non-hydrogen) atoms. The van der Waals surface area contributed by atoms with Crippen LogP contribution in [0.5, 0.6) is 0 Å². The largest absolute Gasteiger partial charge is 1.00 e. The summed E-state index contributed by atoms with van der Waals surface area (Å²) < 4.78 is 32.1. The van der Waals surface area contributed by atoms with Gasteiger partial charge in [-0.3, -0.25) is 4.72 Å². The monoisotopic (exact) mass is 216 g/mol. The molecule has 8 heteroatoms. The zero-order valence-electron chi connectivity index (χ0n) is 6.57. The first-order valence-corrected chi connectivity index (χ1v) is 4.92. The summed E-state index contributed by atoms with van der Waals surface area (Å²) in [5.74, 6) is 0. The van der Waals surface area contributed by atoms with Crippen molar-refractivity contribution in [1.82, 2.24) is 4.98 Å². The molecule has 0 amide bonds. The summed E-state index contributed by atoms with van der Waals surface area (Å²) in [4.78, 5) is 3.72. The molecule has 62 valence electrons. The van der Waals surface area contributed by atoms with Crippen LogP contribution in [-0.2, 0) is 10.3 Å². The van der Waals surface area contributed by atoms with E-state index in [1.54, 1.807) is 17.0 Å². The van der Waals surface area contributed by atoms with Gasteiger partial charge < -0.3 is 4.55 Å². The van der Waals surface area contributed by atoms with E-state index in [9.17, 15) is 13.0 Å². The fourth-order valence-corrected chi connectivity index (χ4v) is 1.80. The van der Waals surface area contributed by atoms with Gasteiger partial charge in [0.15, 0.2) is 15.4 Å². The smallest absolute Gasteiger partial charge is 0.731 e. The van der Waals surface area contributed by atoms with Gasteiger partial charge in [-0.15, -0.1) is 11.3 Å². The van der Waals surface area contributed by atoms with Crippen LogP contribution >= 0.6 is 11.3 Å². The van der Waals surface area contributed by atoms with Crippen molar-refractivity contribution in [3.8, 4) is 0 Å². The molecular weight excluding hydrogens is 211 g/mol. The van der Waals surface area contributed by atoms with Gasteiger partial charge in [0.25, 0.3) is 0 Å². The van der Waals surface area contributed by atoms with Crippen molar-refractivity contribution in [3.05, 3.63) is 11.1 Å². The summed E-state index contributed by atoms with van der Waals surface area (Å²) in [5, 5.41) is 1.76. The van der Waals surface area contributed by atoms with Crippen molar-refractivity contribution in [3.63, 3.8) is 0 Å². The molecule has 0 radical (unpaired) electrons. The molecule has 0 atom stereocenters. The van der Waals surface area contributed by atoms with Gasteiger partial charge >= 0.3 is 29.6 Å². The number of aromatic nitrogens is 1.